The first kappa shape index (κ1) is 16.1. The summed E-state index contributed by atoms with van der Waals surface area (Å²) in [6, 6.07) is 10.5. The number of aryl methyl sites for hydroxylation is 1. The summed E-state index contributed by atoms with van der Waals surface area (Å²) in [6.45, 7) is 2.50. The van der Waals surface area contributed by atoms with Crippen molar-refractivity contribution in [3.05, 3.63) is 53.9 Å². The first-order chi connectivity index (χ1) is 11.6. The maximum Gasteiger partial charge on any atom is 0.257 e. The quantitative estimate of drug-likeness (QED) is 0.906. The van der Waals surface area contributed by atoms with Crippen molar-refractivity contribution in [3.63, 3.8) is 0 Å². The predicted octanol–water partition coefficient (Wildman–Crippen LogP) is 2.76. The fourth-order valence-corrected chi connectivity index (χ4v) is 2.45. The summed E-state index contributed by atoms with van der Waals surface area (Å²) in [5, 5.41) is 5.61. The van der Waals surface area contributed by atoms with E-state index in [1.54, 1.807) is 42.6 Å². The third-order valence-corrected chi connectivity index (χ3v) is 3.81. The molecule has 6 nitrogen and oxygen atoms in total. The molecule has 0 unspecified atom stereocenters. The lowest BCUT2D eigenvalue weighted by Crippen LogP contribution is -2.26. The zero-order valence-electron chi connectivity index (χ0n) is 13.4. The molecule has 1 saturated heterocycles. The molecule has 3 rings (SSSR count). The highest BCUT2D eigenvalue weighted by atomic mass is 16.5. The molecule has 1 aromatic heterocycles. The number of benzene rings is 1. The molecule has 0 radical (unpaired) electrons. The summed E-state index contributed by atoms with van der Waals surface area (Å²) in [4.78, 5) is 28.2. The van der Waals surface area contributed by atoms with Gasteiger partial charge in [-0.1, -0.05) is 0 Å². The number of nitrogens with one attached hydrogen (secondary N) is 2. The molecule has 1 aromatic carbocycles. The van der Waals surface area contributed by atoms with E-state index in [9.17, 15) is 9.59 Å². The number of hydrogen-bond acceptors (Lipinski definition) is 4. The number of carbonyl (C=O) groups excluding carboxylic acids is 2. The molecule has 6 heteroatoms. The molecule has 2 N–H and O–H groups in total. The number of rotatable bonds is 4. The number of carbonyl (C=O) groups is 2. The molecule has 124 valence electrons. The summed E-state index contributed by atoms with van der Waals surface area (Å²) in [7, 11) is 0. The van der Waals surface area contributed by atoms with E-state index in [-0.39, 0.29) is 17.9 Å². The van der Waals surface area contributed by atoms with Crippen LogP contribution in [0.25, 0.3) is 0 Å². The number of aromatic nitrogens is 1. The van der Waals surface area contributed by atoms with Gasteiger partial charge in [0.25, 0.3) is 11.8 Å². The second-order valence-corrected chi connectivity index (χ2v) is 5.71. The largest absolute Gasteiger partial charge is 0.368 e. The highest BCUT2D eigenvalue weighted by molar-refractivity contribution is 6.04. The Hall–Kier alpha value is -2.73. The van der Waals surface area contributed by atoms with Crippen LogP contribution < -0.4 is 10.6 Å². The number of pyridine rings is 1. The Kier molecular flexibility index (Phi) is 4.86. The monoisotopic (exact) mass is 325 g/mol. The number of nitrogens with zero attached hydrogens (tertiary/aromatic N) is 1. The predicted molar refractivity (Wildman–Crippen MR) is 91.0 cm³/mol. The van der Waals surface area contributed by atoms with Gasteiger partial charge in [0.15, 0.2) is 0 Å². The second kappa shape index (κ2) is 7.23. The summed E-state index contributed by atoms with van der Waals surface area (Å²) in [5.74, 6) is -0.353. The fraction of sp³-hybridized carbons (Fsp3) is 0.278. The molecule has 0 bridgehead atoms. The lowest BCUT2D eigenvalue weighted by atomic mass is 10.2. The van der Waals surface area contributed by atoms with Gasteiger partial charge in [-0.05, 0) is 56.2 Å². The van der Waals surface area contributed by atoms with Crippen molar-refractivity contribution in [1.29, 1.82) is 0 Å². The highest BCUT2D eigenvalue weighted by Gasteiger charge is 2.23. The van der Waals surface area contributed by atoms with E-state index in [2.05, 4.69) is 15.6 Å². The van der Waals surface area contributed by atoms with Crippen LogP contribution in [0.4, 0.5) is 11.4 Å². The molecule has 0 saturated carbocycles. The lowest BCUT2D eigenvalue weighted by molar-refractivity contribution is -0.124. The van der Waals surface area contributed by atoms with E-state index in [4.69, 9.17) is 4.74 Å². The van der Waals surface area contributed by atoms with Gasteiger partial charge in [-0.3, -0.25) is 14.6 Å². The van der Waals surface area contributed by atoms with Crippen molar-refractivity contribution < 1.29 is 14.3 Å². The first-order valence-corrected chi connectivity index (χ1v) is 7.88. The molecule has 1 aliphatic heterocycles. The SMILES string of the molecule is Cc1ccc(C(=O)Nc2ccc(NC(=O)[C@H]3CCCO3)cc2)cn1. The second-order valence-electron chi connectivity index (χ2n) is 5.71. The maximum absolute atomic E-state index is 12.1. The molecule has 2 heterocycles. The Morgan fingerprint density at radius 3 is 2.38 bits per heavy atom. The maximum atomic E-state index is 12.1. The molecular weight excluding hydrogens is 306 g/mol. The minimum Gasteiger partial charge on any atom is -0.368 e. The Morgan fingerprint density at radius 2 is 1.79 bits per heavy atom. The van der Waals surface area contributed by atoms with E-state index < -0.39 is 0 Å². The average Bonchev–Trinajstić information content (AvgIpc) is 3.12. The van der Waals surface area contributed by atoms with Crippen LogP contribution >= 0.6 is 0 Å². The topological polar surface area (TPSA) is 80.3 Å². The molecule has 0 aliphatic carbocycles. The zero-order chi connectivity index (χ0) is 16.9. The number of anilines is 2. The molecule has 2 aromatic rings. The van der Waals surface area contributed by atoms with Gasteiger partial charge in [0.1, 0.15) is 6.10 Å². The van der Waals surface area contributed by atoms with E-state index in [1.165, 1.54) is 0 Å². The van der Waals surface area contributed by atoms with Crippen LogP contribution in [0, 0.1) is 6.92 Å². The van der Waals surface area contributed by atoms with Crippen LogP contribution in [0.5, 0.6) is 0 Å². The van der Waals surface area contributed by atoms with Crippen molar-refractivity contribution in [2.75, 3.05) is 17.2 Å². The summed E-state index contributed by atoms with van der Waals surface area (Å²) < 4.78 is 5.35. The van der Waals surface area contributed by atoms with Crippen LogP contribution in [0.2, 0.25) is 0 Å². The summed E-state index contributed by atoms with van der Waals surface area (Å²) in [5.41, 5.74) is 2.68. The molecule has 24 heavy (non-hydrogen) atoms. The van der Waals surface area contributed by atoms with Gasteiger partial charge >= 0.3 is 0 Å². The van der Waals surface area contributed by atoms with Crippen molar-refractivity contribution in [2.45, 2.75) is 25.9 Å². The van der Waals surface area contributed by atoms with Crippen LogP contribution in [0.15, 0.2) is 42.6 Å². The normalized spacial score (nSPS) is 16.6. The smallest absolute Gasteiger partial charge is 0.257 e. The van der Waals surface area contributed by atoms with Crippen molar-refractivity contribution in [3.8, 4) is 0 Å². The van der Waals surface area contributed by atoms with Crippen LogP contribution in [0.1, 0.15) is 28.9 Å². The Bertz CT molecular complexity index is 720. The van der Waals surface area contributed by atoms with Gasteiger partial charge < -0.3 is 15.4 Å². The minimum absolute atomic E-state index is 0.130. The Labute approximate surface area is 140 Å². The number of amides is 2. The Morgan fingerprint density at radius 1 is 1.08 bits per heavy atom. The van der Waals surface area contributed by atoms with Gasteiger partial charge in [0, 0.05) is 29.9 Å². The molecular formula is C18H19N3O3. The van der Waals surface area contributed by atoms with Crippen LogP contribution in [-0.2, 0) is 9.53 Å². The standard InChI is InChI=1S/C18H19N3O3/c1-12-4-5-13(11-19-12)17(22)20-14-6-8-15(9-7-14)21-18(23)16-3-2-10-24-16/h4-9,11,16H,2-3,10H2,1H3,(H,20,22)(H,21,23)/t16-/m1/s1. The van der Waals surface area contributed by atoms with E-state index >= 15 is 0 Å². The van der Waals surface area contributed by atoms with E-state index in [1.807, 2.05) is 6.92 Å². The Balaban J connectivity index is 1.58. The minimum atomic E-state index is -0.363. The van der Waals surface area contributed by atoms with Gasteiger partial charge in [-0.25, -0.2) is 0 Å². The molecule has 1 atom stereocenters. The van der Waals surface area contributed by atoms with E-state index in [0.29, 0.717) is 23.5 Å². The van der Waals surface area contributed by atoms with Crippen molar-refractivity contribution >= 4 is 23.2 Å². The molecule has 0 spiro atoms. The number of hydrogen-bond donors (Lipinski definition) is 2. The molecule has 2 amide bonds. The fourth-order valence-electron chi connectivity index (χ4n) is 2.45. The van der Waals surface area contributed by atoms with Crippen molar-refractivity contribution in [2.24, 2.45) is 0 Å². The summed E-state index contributed by atoms with van der Waals surface area (Å²) >= 11 is 0. The van der Waals surface area contributed by atoms with Gasteiger partial charge in [-0.15, -0.1) is 0 Å². The lowest BCUT2D eigenvalue weighted by Gasteiger charge is -2.11. The summed E-state index contributed by atoms with van der Waals surface area (Å²) in [6.07, 6.45) is 2.85. The third-order valence-electron chi connectivity index (χ3n) is 3.81. The van der Waals surface area contributed by atoms with Crippen molar-refractivity contribution in [1.82, 2.24) is 4.98 Å². The average molecular weight is 325 g/mol. The first-order valence-electron chi connectivity index (χ1n) is 7.88. The third kappa shape index (κ3) is 3.97. The van der Waals surface area contributed by atoms with Crippen LogP contribution in [-0.4, -0.2) is 29.5 Å². The molecule has 1 aliphatic rings. The van der Waals surface area contributed by atoms with Crippen LogP contribution in [0.3, 0.4) is 0 Å². The van der Waals surface area contributed by atoms with Gasteiger partial charge in [0.2, 0.25) is 0 Å². The zero-order valence-corrected chi connectivity index (χ0v) is 13.4. The number of ether oxygens (including phenoxy) is 1. The molecule has 1 fully saturated rings. The highest BCUT2D eigenvalue weighted by Crippen LogP contribution is 2.17. The van der Waals surface area contributed by atoms with E-state index in [0.717, 1.165) is 18.5 Å². The van der Waals surface area contributed by atoms with Gasteiger partial charge in [0.05, 0.1) is 5.56 Å². The van der Waals surface area contributed by atoms with Gasteiger partial charge in [-0.2, -0.15) is 0 Å².